The SMILES string of the molecule is C.OC(CN1c2cccc(-c3cccc(OC(F)(F)F)c3)c2OCC1c1cccc(SC(F)(F)F)c1)C(F)(F)F. The fourth-order valence-corrected chi connectivity index (χ4v) is 4.73. The minimum absolute atomic E-state index is 0. The summed E-state index contributed by atoms with van der Waals surface area (Å²) in [6, 6.07) is 13.3. The van der Waals surface area contributed by atoms with Gasteiger partial charge in [0.15, 0.2) is 11.9 Å². The molecule has 0 amide bonds. The Balaban J connectivity index is 0.00000441. The van der Waals surface area contributed by atoms with Crippen molar-refractivity contribution in [3.8, 4) is 22.6 Å². The van der Waals surface area contributed by atoms with E-state index in [0.29, 0.717) is 0 Å². The smallest absolute Gasteiger partial charge is 0.488 e. The van der Waals surface area contributed by atoms with Crippen molar-refractivity contribution in [1.29, 1.82) is 0 Å². The van der Waals surface area contributed by atoms with E-state index in [4.69, 9.17) is 4.74 Å². The number of para-hydroxylation sites is 1. The van der Waals surface area contributed by atoms with E-state index >= 15 is 0 Å². The number of alkyl halides is 9. The number of aliphatic hydroxyl groups excluding tert-OH is 1. The Morgan fingerprint density at radius 3 is 2.25 bits per heavy atom. The first-order chi connectivity index (χ1) is 18.1. The van der Waals surface area contributed by atoms with Crippen LogP contribution in [0.5, 0.6) is 11.5 Å². The molecule has 0 bridgehead atoms. The molecule has 3 aromatic carbocycles. The number of β-amino-alcohol motifs (C(OH)–C–C–N with tert-alkyl or cyclic N) is 1. The molecule has 4 nitrogen and oxygen atoms in total. The lowest BCUT2D eigenvalue weighted by molar-refractivity contribution is -0.274. The summed E-state index contributed by atoms with van der Waals surface area (Å²) in [4.78, 5) is 0.964. The second kappa shape index (κ2) is 11.7. The number of hydrogen-bond acceptors (Lipinski definition) is 5. The lowest BCUT2D eigenvalue weighted by atomic mass is 9.98. The first-order valence-electron chi connectivity index (χ1n) is 11.1. The topological polar surface area (TPSA) is 41.9 Å². The van der Waals surface area contributed by atoms with Crippen LogP contribution in [0.25, 0.3) is 11.1 Å². The summed E-state index contributed by atoms with van der Waals surface area (Å²) in [5.41, 5.74) is -3.91. The maximum atomic E-state index is 13.3. The van der Waals surface area contributed by atoms with Gasteiger partial charge in [0, 0.05) is 10.5 Å². The van der Waals surface area contributed by atoms with Gasteiger partial charge in [0.2, 0.25) is 0 Å². The Hall–Kier alpha value is -3.26. The maximum Gasteiger partial charge on any atom is 0.573 e. The Bertz CT molecular complexity index is 1310. The summed E-state index contributed by atoms with van der Waals surface area (Å²) in [6.07, 6.45) is -12.8. The monoisotopic (exact) mass is 599 g/mol. The summed E-state index contributed by atoms with van der Waals surface area (Å²) in [7, 11) is 0. The number of hydrogen-bond donors (Lipinski definition) is 1. The van der Waals surface area contributed by atoms with Crippen molar-refractivity contribution < 1.29 is 54.1 Å². The van der Waals surface area contributed by atoms with Crippen molar-refractivity contribution in [3.05, 3.63) is 72.3 Å². The van der Waals surface area contributed by atoms with Crippen molar-refractivity contribution in [2.75, 3.05) is 18.1 Å². The van der Waals surface area contributed by atoms with Gasteiger partial charge in [-0.3, -0.25) is 0 Å². The summed E-state index contributed by atoms with van der Waals surface area (Å²) < 4.78 is 127. The van der Waals surface area contributed by atoms with Crippen molar-refractivity contribution in [1.82, 2.24) is 0 Å². The van der Waals surface area contributed by atoms with E-state index < -0.39 is 54.2 Å². The van der Waals surface area contributed by atoms with E-state index in [1.54, 1.807) is 0 Å². The lowest BCUT2D eigenvalue weighted by Gasteiger charge is -2.41. The van der Waals surface area contributed by atoms with Crippen LogP contribution in [0.3, 0.4) is 0 Å². The number of rotatable bonds is 6. The average molecular weight is 600 g/mol. The van der Waals surface area contributed by atoms with Gasteiger partial charge in [-0.25, -0.2) is 0 Å². The molecule has 0 spiro atoms. The Morgan fingerprint density at radius 2 is 1.60 bits per heavy atom. The van der Waals surface area contributed by atoms with Crippen LogP contribution in [-0.4, -0.2) is 42.4 Å². The quantitative estimate of drug-likeness (QED) is 0.228. The third-order valence-electron chi connectivity index (χ3n) is 5.67. The summed E-state index contributed by atoms with van der Waals surface area (Å²) in [5, 5.41) is 9.88. The van der Waals surface area contributed by atoms with Gasteiger partial charge in [0.25, 0.3) is 0 Å². The van der Waals surface area contributed by atoms with Crippen LogP contribution < -0.4 is 14.4 Å². The van der Waals surface area contributed by atoms with Crippen LogP contribution in [0.15, 0.2) is 71.6 Å². The molecule has 4 rings (SSSR count). The molecule has 0 saturated carbocycles. The van der Waals surface area contributed by atoms with Gasteiger partial charge in [-0.2, -0.15) is 26.3 Å². The minimum atomic E-state index is -5.00. The average Bonchev–Trinajstić information content (AvgIpc) is 2.81. The van der Waals surface area contributed by atoms with Gasteiger partial charge < -0.3 is 19.5 Å². The van der Waals surface area contributed by atoms with E-state index in [9.17, 15) is 44.6 Å². The third-order valence-corrected chi connectivity index (χ3v) is 6.39. The highest BCUT2D eigenvalue weighted by Gasteiger charge is 2.42. The largest absolute Gasteiger partial charge is 0.573 e. The fourth-order valence-electron chi connectivity index (χ4n) is 4.12. The highest BCUT2D eigenvalue weighted by atomic mass is 32.2. The Kier molecular flexibility index (Phi) is 9.14. The minimum Gasteiger partial charge on any atom is -0.488 e. The molecule has 2 atom stereocenters. The van der Waals surface area contributed by atoms with E-state index in [1.165, 1.54) is 54.6 Å². The first-order valence-corrected chi connectivity index (χ1v) is 11.9. The van der Waals surface area contributed by atoms with E-state index in [-0.39, 0.29) is 47.1 Å². The highest BCUT2D eigenvalue weighted by Crippen LogP contribution is 2.47. The predicted molar refractivity (Wildman–Crippen MR) is 131 cm³/mol. The van der Waals surface area contributed by atoms with Gasteiger partial charge in [0.05, 0.1) is 18.3 Å². The molecule has 0 aliphatic carbocycles. The van der Waals surface area contributed by atoms with Crippen LogP contribution in [0.1, 0.15) is 19.0 Å². The maximum absolute atomic E-state index is 13.3. The normalized spacial score (nSPS) is 16.4. The molecule has 1 N–H and O–H groups in total. The van der Waals surface area contributed by atoms with E-state index in [2.05, 4.69) is 4.74 Å². The second-order valence-electron chi connectivity index (χ2n) is 8.39. The molecule has 3 aromatic rings. The number of fused-ring (bicyclic) bond motifs is 1. The fraction of sp³-hybridized carbons (Fsp3) is 0.308. The standard InChI is InChI=1S/C25H18F9NO3S.CH4/c26-23(27,28)21(36)12-35-19-9-3-8-18(14-4-1-6-16(10-14)38-24(29,30)31)22(19)37-13-20(35)15-5-2-7-17(11-15)39-25(32,33)34;/h1-11,20-21,36H,12-13H2;1H4. The Morgan fingerprint density at radius 1 is 0.925 bits per heavy atom. The second-order valence-corrected chi connectivity index (χ2v) is 9.52. The molecule has 0 aromatic heterocycles. The number of nitrogens with zero attached hydrogens (tertiary/aromatic N) is 1. The third kappa shape index (κ3) is 7.68. The number of aliphatic hydroxyl groups is 1. The van der Waals surface area contributed by atoms with Gasteiger partial charge in [-0.1, -0.05) is 43.8 Å². The van der Waals surface area contributed by atoms with E-state index in [1.807, 2.05) is 0 Å². The molecule has 1 aliphatic heterocycles. The highest BCUT2D eigenvalue weighted by molar-refractivity contribution is 8.00. The number of halogens is 9. The number of benzene rings is 3. The Labute approximate surface area is 227 Å². The predicted octanol–water partition coefficient (Wildman–Crippen LogP) is 8.36. The van der Waals surface area contributed by atoms with Crippen molar-refractivity contribution in [3.63, 3.8) is 0 Å². The van der Waals surface area contributed by atoms with Crippen molar-refractivity contribution in [2.24, 2.45) is 0 Å². The van der Waals surface area contributed by atoms with Crippen LogP contribution in [-0.2, 0) is 0 Å². The number of thioether (sulfide) groups is 1. The molecule has 1 heterocycles. The zero-order valence-electron chi connectivity index (χ0n) is 19.4. The van der Waals surface area contributed by atoms with Crippen LogP contribution in [0.2, 0.25) is 0 Å². The van der Waals surface area contributed by atoms with Gasteiger partial charge in [0.1, 0.15) is 12.4 Å². The van der Waals surface area contributed by atoms with Crippen LogP contribution >= 0.6 is 11.8 Å². The zero-order chi connectivity index (χ0) is 28.6. The molecular formula is C26H22F9NO3S. The summed E-state index contributed by atoms with van der Waals surface area (Å²) >= 11 is -0.392. The van der Waals surface area contributed by atoms with Gasteiger partial charge in [-0.05, 0) is 53.2 Å². The van der Waals surface area contributed by atoms with Crippen LogP contribution in [0, 0.1) is 0 Å². The molecule has 2 unspecified atom stereocenters. The van der Waals surface area contributed by atoms with Gasteiger partial charge in [-0.15, -0.1) is 13.2 Å². The molecule has 1 aliphatic rings. The molecule has 0 radical (unpaired) electrons. The van der Waals surface area contributed by atoms with Crippen molar-refractivity contribution in [2.45, 2.75) is 42.5 Å². The molecule has 40 heavy (non-hydrogen) atoms. The number of anilines is 1. The van der Waals surface area contributed by atoms with Crippen LogP contribution in [0.4, 0.5) is 45.2 Å². The number of ether oxygens (including phenoxy) is 2. The zero-order valence-corrected chi connectivity index (χ0v) is 20.3. The van der Waals surface area contributed by atoms with E-state index in [0.717, 1.165) is 17.0 Å². The van der Waals surface area contributed by atoms with Gasteiger partial charge >= 0.3 is 18.0 Å². The molecule has 0 fully saturated rings. The molecule has 0 saturated heterocycles. The summed E-state index contributed by atoms with van der Waals surface area (Å²) in [6.45, 7) is -1.31. The first kappa shape index (κ1) is 31.3. The lowest BCUT2D eigenvalue weighted by Crippen LogP contribution is -2.46. The van der Waals surface area contributed by atoms with Crippen molar-refractivity contribution >= 4 is 17.4 Å². The summed E-state index contributed by atoms with van der Waals surface area (Å²) in [5.74, 6) is -0.511. The molecule has 218 valence electrons. The molecule has 14 heteroatoms. The molecular weight excluding hydrogens is 577 g/mol.